The van der Waals surface area contributed by atoms with Crippen molar-refractivity contribution < 1.29 is 14.4 Å². The fraction of sp³-hybridized carbons (Fsp3) is 0.348. The largest absolute Gasteiger partial charge is 0.399 e. The van der Waals surface area contributed by atoms with E-state index in [-0.39, 0.29) is 24.1 Å². The highest BCUT2D eigenvalue weighted by Crippen LogP contribution is 2.33. The predicted octanol–water partition coefficient (Wildman–Crippen LogP) is 1.81. The van der Waals surface area contributed by atoms with E-state index >= 15 is 0 Å². The van der Waals surface area contributed by atoms with Gasteiger partial charge in [0, 0.05) is 36.8 Å². The van der Waals surface area contributed by atoms with E-state index in [0.717, 1.165) is 29.7 Å². The van der Waals surface area contributed by atoms with E-state index in [1.807, 2.05) is 24.3 Å². The number of nitrogens with two attached hydrogens (primary N) is 1. The first-order valence-corrected chi connectivity index (χ1v) is 10.4. The number of aryl methyl sites for hydroxylation is 1. The van der Waals surface area contributed by atoms with Crippen LogP contribution in [0.3, 0.4) is 0 Å². The number of hydrogen-bond acceptors (Lipinski definition) is 5. The molecule has 3 aliphatic rings. The van der Waals surface area contributed by atoms with Crippen LogP contribution in [0.1, 0.15) is 57.9 Å². The summed E-state index contributed by atoms with van der Waals surface area (Å²) in [7, 11) is 0. The molecule has 5 rings (SSSR count). The molecule has 3 amide bonds. The second-order valence-electron chi connectivity index (χ2n) is 8.32. The molecule has 7 nitrogen and oxygen atoms in total. The van der Waals surface area contributed by atoms with Gasteiger partial charge in [0.2, 0.25) is 11.8 Å². The standard InChI is InChI=1S/C23H24N4O3/c24-16-3-5-17-14(10-16)2-6-19(17)25-11-13-1-4-18-15(9-13)12-27(23(18)30)20-7-8-21(28)26-22(20)29/h1,3-5,9-10,19-20,25H,2,6-8,11-12,24H2,(H,26,28,29). The average Bonchev–Trinajstić information content (AvgIpc) is 3.26. The highest BCUT2D eigenvalue weighted by Gasteiger charge is 2.39. The molecule has 154 valence electrons. The summed E-state index contributed by atoms with van der Waals surface area (Å²) in [6, 6.07) is 11.7. The number of anilines is 1. The molecule has 30 heavy (non-hydrogen) atoms. The normalized spacial score (nSPS) is 22.8. The van der Waals surface area contributed by atoms with E-state index < -0.39 is 6.04 Å². The van der Waals surface area contributed by atoms with Gasteiger partial charge in [0.05, 0.1) is 0 Å². The predicted molar refractivity (Wildman–Crippen MR) is 111 cm³/mol. The lowest BCUT2D eigenvalue weighted by Gasteiger charge is -2.29. The number of fused-ring (bicyclic) bond motifs is 2. The van der Waals surface area contributed by atoms with E-state index in [9.17, 15) is 14.4 Å². The lowest BCUT2D eigenvalue weighted by Crippen LogP contribution is -2.52. The van der Waals surface area contributed by atoms with Crippen LogP contribution in [-0.2, 0) is 29.1 Å². The molecule has 0 aromatic heterocycles. The summed E-state index contributed by atoms with van der Waals surface area (Å²) in [6.45, 7) is 1.11. The third-order valence-electron chi connectivity index (χ3n) is 6.39. The summed E-state index contributed by atoms with van der Waals surface area (Å²) < 4.78 is 0. The first-order chi connectivity index (χ1) is 14.5. The first-order valence-electron chi connectivity index (χ1n) is 10.4. The minimum atomic E-state index is -0.577. The van der Waals surface area contributed by atoms with Gasteiger partial charge in [0.1, 0.15) is 6.04 Å². The fourth-order valence-corrected chi connectivity index (χ4v) is 4.83. The van der Waals surface area contributed by atoms with Crippen LogP contribution in [0.25, 0.3) is 0 Å². The van der Waals surface area contributed by atoms with Crippen LogP contribution in [0, 0.1) is 0 Å². The highest BCUT2D eigenvalue weighted by molar-refractivity contribution is 6.05. The molecule has 4 N–H and O–H groups in total. The molecule has 2 heterocycles. The van der Waals surface area contributed by atoms with E-state index in [1.165, 1.54) is 11.1 Å². The number of carbonyl (C=O) groups excluding carboxylic acids is 3. The number of hydrogen-bond donors (Lipinski definition) is 3. The van der Waals surface area contributed by atoms with Gasteiger partial charge in [0.25, 0.3) is 5.91 Å². The highest BCUT2D eigenvalue weighted by atomic mass is 16.2. The Morgan fingerprint density at radius 2 is 1.90 bits per heavy atom. The molecule has 1 aliphatic carbocycles. The number of imide groups is 1. The molecular weight excluding hydrogens is 380 g/mol. The Balaban J connectivity index is 1.27. The van der Waals surface area contributed by atoms with Crippen molar-refractivity contribution in [3.63, 3.8) is 0 Å². The number of carbonyl (C=O) groups is 3. The van der Waals surface area contributed by atoms with Crippen LogP contribution in [-0.4, -0.2) is 28.7 Å². The lowest BCUT2D eigenvalue weighted by molar-refractivity contribution is -0.136. The minimum absolute atomic E-state index is 0.138. The third kappa shape index (κ3) is 3.25. The molecule has 2 aromatic rings. The second kappa shape index (κ2) is 7.25. The quantitative estimate of drug-likeness (QED) is 0.533. The van der Waals surface area contributed by atoms with Crippen molar-refractivity contribution in [1.29, 1.82) is 0 Å². The molecule has 0 spiro atoms. The molecule has 2 atom stereocenters. The number of rotatable bonds is 4. The van der Waals surface area contributed by atoms with Crippen LogP contribution in [0.4, 0.5) is 5.69 Å². The Labute approximate surface area is 174 Å². The van der Waals surface area contributed by atoms with Crippen molar-refractivity contribution in [1.82, 2.24) is 15.5 Å². The molecule has 0 saturated carbocycles. The Morgan fingerprint density at radius 1 is 1.03 bits per heavy atom. The zero-order chi connectivity index (χ0) is 20.8. The number of amides is 3. The van der Waals surface area contributed by atoms with Crippen LogP contribution in [0.15, 0.2) is 36.4 Å². The van der Waals surface area contributed by atoms with Crippen molar-refractivity contribution in [2.45, 2.75) is 50.9 Å². The summed E-state index contributed by atoms with van der Waals surface area (Å²) in [5.41, 5.74) is 12.0. The van der Waals surface area contributed by atoms with Gasteiger partial charge >= 0.3 is 0 Å². The Morgan fingerprint density at radius 3 is 2.73 bits per heavy atom. The number of piperidine rings is 1. The van der Waals surface area contributed by atoms with Gasteiger partial charge in [-0.3, -0.25) is 19.7 Å². The van der Waals surface area contributed by atoms with Gasteiger partial charge in [-0.15, -0.1) is 0 Å². The summed E-state index contributed by atoms with van der Waals surface area (Å²) in [5.74, 6) is -0.791. The van der Waals surface area contributed by atoms with E-state index in [1.54, 1.807) is 4.90 Å². The summed E-state index contributed by atoms with van der Waals surface area (Å²) in [4.78, 5) is 38.0. The summed E-state index contributed by atoms with van der Waals surface area (Å²) in [5, 5.41) is 5.96. The smallest absolute Gasteiger partial charge is 0.255 e. The van der Waals surface area contributed by atoms with Gasteiger partial charge in [0.15, 0.2) is 0 Å². The zero-order valence-electron chi connectivity index (χ0n) is 16.6. The molecule has 2 unspecified atom stereocenters. The fourth-order valence-electron chi connectivity index (χ4n) is 4.83. The Hall–Kier alpha value is -3.19. The maximum atomic E-state index is 12.8. The Kier molecular flexibility index (Phi) is 4.55. The average molecular weight is 404 g/mol. The molecule has 1 fully saturated rings. The maximum absolute atomic E-state index is 12.8. The van der Waals surface area contributed by atoms with E-state index in [0.29, 0.717) is 31.1 Å². The minimum Gasteiger partial charge on any atom is -0.399 e. The van der Waals surface area contributed by atoms with E-state index in [2.05, 4.69) is 22.8 Å². The summed E-state index contributed by atoms with van der Waals surface area (Å²) in [6.07, 6.45) is 2.72. The molecule has 2 aliphatic heterocycles. The van der Waals surface area contributed by atoms with Gasteiger partial charge in [-0.05, 0) is 59.7 Å². The van der Waals surface area contributed by atoms with Crippen LogP contribution in [0.2, 0.25) is 0 Å². The van der Waals surface area contributed by atoms with Crippen molar-refractivity contribution >= 4 is 23.4 Å². The van der Waals surface area contributed by atoms with Gasteiger partial charge < -0.3 is 16.0 Å². The topological polar surface area (TPSA) is 105 Å². The molecule has 0 radical (unpaired) electrons. The van der Waals surface area contributed by atoms with Gasteiger partial charge in [-0.25, -0.2) is 0 Å². The number of nitrogens with one attached hydrogen (secondary N) is 2. The first kappa shape index (κ1) is 18.8. The van der Waals surface area contributed by atoms with E-state index in [4.69, 9.17) is 5.73 Å². The Bertz CT molecular complexity index is 1060. The third-order valence-corrected chi connectivity index (χ3v) is 6.39. The van der Waals surface area contributed by atoms with Crippen LogP contribution in [0.5, 0.6) is 0 Å². The van der Waals surface area contributed by atoms with Crippen LogP contribution >= 0.6 is 0 Å². The number of nitrogen functional groups attached to an aromatic ring is 1. The molecule has 1 saturated heterocycles. The maximum Gasteiger partial charge on any atom is 0.255 e. The molecular formula is C23H24N4O3. The van der Waals surface area contributed by atoms with Crippen molar-refractivity contribution in [3.8, 4) is 0 Å². The van der Waals surface area contributed by atoms with Gasteiger partial charge in [-0.2, -0.15) is 0 Å². The molecule has 0 bridgehead atoms. The molecule has 7 heteroatoms. The number of benzene rings is 2. The van der Waals surface area contributed by atoms with Crippen LogP contribution < -0.4 is 16.4 Å². The zero-order valence-corrected chi connectivity index (χ0v) is 16.6. The monoisotopic (exact) mass is 404 g/mol. The lowest BCUT2D eigenvalue weighted by atomic mass is 10.0. The van der Waals surface area contributed by atoms with Crippen molar-refractivity contribution in [2.24, 2.45) is 0 Å². The summed E-state index contributed by atoms with van der Waals surface area (Å²) >= 11 is 0. The number of nitrogens with zero attached hydrogens (tertiary/aromatic N) is 1. The van der Waals surface area contributed by atoms with Crippen molar-refractivity contribution in [3.05, 3.63) is 64.2 Å². The van der Waals surface area contributed by atoms with Gasteiger partial charge in [-0.1, -0.05) is 18.2 Å². The van der Waals surface area contributed by atoms with Crippen molar-refractivity contribution in [2.75, 3.05) is 5.73 Å². The SMILES string of the molecule is Nc1ccc2c(c1)CCC2NCc1ccc2c(c1)CN(C1CCC(=O)NC1=O)C2=O. The molecule has 2 aromatic carbocycles. The second-order valence-corrected chi connectivity index (χ2v) is 8.32.